The minimum Gasteiger partial charge on any atom is -0.350 e. The molecule has 35 heavy (non-hydrogen) atoms. The third kappa shape index (κ3) is 4.98. The van der Waals surface area contributed by atoms with Crippen LogP contribution in [0.5, 0.6) is 0 Å². The summed E-state index contributed by atoms with van der Waals surface area (Å²) in [6, 6.07) is 6.22. The number of nitrogens with zero attached hydrogens (tertiary/aromatic N) is 3. The van der Waals surface area contributed by atoms with Crippen LogP contribution in [0.15, 0.2) is 36.8 Å². The molecule has 5 rings (SSSR count). The van der Waals surface area contributed by atoms with Crippen molar-refractivity contribution < 1.29 is 4.79 Å². The third-order valence-electron chi connectivity index (χ3n) is 7.08. The number of imidazole rings is 1. The van der Waals surface area contributed by atoms with Gasteiger partial charge in [0.2, 0.25) is 0 Å². The van der Waals surface area contributed by atoms with Crippen molar-refractivity contribution in [3.8, 4) is 22.6 Å². The molecule has 1 amide bonds. The van der Waals surface area contributed by atoms with Gasteiger partial charge < -0.3 is 15.6 Å². The second-order valence-electron chi connectivity index (χ2n) is 9.44. The number of amides is 1. The molecule has 1 fully saturated rings. The lowest BCUT2D eigenvalue weighted by Crippen LogP contribution is -2.30. The molecule has 1 aliphatic carbocycles. The standard InChI is InChI=1S/C27H33N7O/c1-3-28-13-20-14-29-15-22(17(20)2)19-9-10-23-21(11-19)25(34-33-23)26-30-16-24(32-26)27(35)31-12-18-7-5-4-6-8-18/h9-11,14-16,18,28H,3-8,12-13H2,1-2H3,(H,30,32)(H,31,35)(H,33,34). The van der Waals surface area contributed by atoms with Crippen LogP contribution in [0.2, 0.25) is 0 Å². The molecule has 0 radical (unpaired) electrons. The number of hydrogen-bond acceptors (Lipinski definition) is 5. The Bertz CT molecular complexity index is 1320. The molecule has 4 aromatic rings. The van der Waals surface area contributed by atoms with Crippen LogP contribution < -0.4 is 10.6 Å². The Balaban J connectivity index is 1.38. The number of rotatable bonds is 8. The maximum absolute atomic E-state index is 12.7. The van der Waals surface area contributed by atoms with Gasteiger partial charge in [0.25, 0.3) is 5.91 Å². The summed E-state index contributed by atoms with van der Waals surface area (Å²) in [6.07, 6.45) is 11.7. The third-order valence-corrected chi connectivity index (χ3v) is 7.08. The molecule has 0 atom stereocenters. The predicted molar refractivity (Wildman–Crippen MR) is 138 cm³/mol. The number of hydrogen-bond donors (Lipinski definition) is 4. The second-order valence-corrected chi connectivity index (χ2v) is 9.44. The number of carbonyl (C=O) groups excluding carboxylic acids is 1. The van der Waals surface area contributed by atoms with Gasteiger partial charge in [-0.15, -0.1) is 0 Å². The van der Waals surface area contributed by atoms with Crippen molar-refractivity contribution in [2.75, 3.05) is 13.1 Å². The number of aromatic nitrogens is 5. The van der Waals surface area contributed by atoms with E-state index in [1.807, 2.05) is 18.5 Å². The highest BCUT2D eigenvalue weighted by atomic mass is 16.1. The van der Waals surface area contributed by atoms with E-state index in [4.69, 9.17) is 0 Å². The second kappa shape index (κ2) is 10.4. The Kier molecular flexibility index (Phi) is 6.90. The average Bonchev–Trinajstić information content (AvgIpc) is 3.54. The van der Waals surface area contributed by atoms with Crippen molar-refractivity contribution in [2.45, 2.75) is 52.5 Å². The monoisotopic (exact) mass is 471 g/mol. The summed E-state index contributed by atoms with van der Waals surface area (Å²) in [4.78, 5) is 24.8. The molecule has 0 saturated heterocycles. The van der Waals surface area contributed by atoms with Crippen molar-refractivity contribution in [3.63, 3.8) is 0 Å². The van der Waals surface area contributed by atoms with Gasteiger partial charge in [0, 0.05) is 36.4 Å². The highest BCUT2D eigenvalue weighted by Gasteiger charge is 2.18. The minimum atomic E-state index is -0.117. The van der Waals surface area contributed by atoms with Crippen molar-refractivity contribution in [1.29, 1.82) is 0 Å². The summed E-state index contributed by atoms with van der Waals surface area (Å²) in [5.41, 5.74) is 6.63. The molecule has 4 N–H and O–H groups in total. The van der Waals surface area contributed by atoms with Crippen molar-refractivity contribution >= 4 is 16.8 Å². The van der Waals surface area contributed by atoms with Gasteiger partial charge >= 0.3 is 0 Å². The van der Waals surface area contributed by atoms with Crippen LogP contribution in [0, 0.1) is 12.8 Å². The maximum Gasteiger partial charge on any atom is 0.269 e. The van der Waals surface area contributed by atoms with E-state index in [2.05, 4.69) is 61.8 Å². The van der Waals surface area contributed by atoms with Crippen LogP contribution in [0.4, 0.5) is 0 Å². The topological polar surface area (TPSA) is 111 Å². The zero-order valence-corrected chi connectivity index (χ0v) is 20.4. The van der Waals surface area contributed by atoms with Gasteiger partial charge in [0.1, 0.15) is 11.4 Å². The highest BCUT2D eigenvalue weighted by molar-refractivity contribution is 5.96. The van der Waals surface area contributed by atoms with E-state index in [0.29, 0.717) is 23.1 Å². The summed E-state index contributed by atoms with van der Waals surface area (Å²) >= 11 is 0. The van der Waals surface area contributed by atoms with Gasteiger partial charge in [-0.2, -0.15) is 5.10 Å². The van der Waals surface area contributed by atoms with Crippen molar-refractivity contribution in [3.05, 3.63) is 53.6 Å². The Morgan fingerprint density at radius 1 is 1.14 bits per heavy atom. The Morgan fingerprint density at radius 2 is 2.00 bits per heavy atom. The molecule has 0 aliphatic heterocycles. The lowest BCUT2D eigenvalue weighted by Gasteiger charge is -2.21. The molecule has 0 spiro atoms. The number of carbonyl (C=O) groups is 1. The van der Waals surface area contributed by atoms with Crippen LogP contribution in [0.1, 0.15) is 60.6 Å². The van der Waals surface area contributed by atoms with Gasteiger partial charge in [0.15, 0.2) is 5.82 Å². The largest absolute Gasteiger partial charge is 0.350 e. The zero-order valence-electron chi connectivity index (χ0n) is 20.4. The number of aromatic amines is 2. The van der Waals surface area contributed by atoms with Crippen LogP contribution >= 0.6 is 0 Å². The molecular formula is C27H33N7O. The summed E-state index contributed by atoms with van der Waals surface area (Å²) in [5, 5.41) is 15.0. The number of nitrogens with one attached hydrogen (secondary N) is 4. The summed E-state index contributed by atoms with van der Waals surface area (Å²) in [5.74, 6) is 1.04. The summed E-state index contributed by atoms with van der Waals surface area (Å²) in [7, 11) is 0. The van der Waals surface area contributed by atoms with E-state index in [0.717, 1.165) is 41.7 Å². The Labute approximate surface area is 205 Å². The lowest BCUT2D eigenvalue weighted by atomic mass is 9.89. The molecule has 1 aliphatic rings. The molecular weight excluding hydrogens is 438 g/mol. The first-order valence-corrected chi connectivity index (χ1v) is 12.6. The van der Waals surface area contributed by atoms with Crippen LogP contribution in [0.25, 0.3) is 33.5 Å². The smallest absolute Gasteiger partial charge is 0.269 e. The summed E-state index contributed by atoms with van der Waals surface area (Å²) in [6.45, 7) is 6.66. The van der Waals surface area contributed by atoms with Crippen LogP contribution in [0.3, 0.4) is 0 Å². The van der Waals surface area contributed by atoms with Gasteiger partial charge in [-0.05, 0) is 61.1 Å². The average molecular weight is 472 g/mol. The van der Waals surface area contributed by atoms with Crippen molar-refractivity contribution in [1.82, 2.24) is 35.8 Å². The Morgan fingerprint density at radius 3 is 2.83 bits per heavy atom. The number of H-pyrrole nitrogens is 2. The molecule has 1 saturated carbocycles. The molecule has 0 unspecified atom stereocenters. The predicted octanol–water partition coefficient (Wildman–Crippen LogP) is 4.74. The van der Waals surface area contributed by atoms with Gasteiger partial charge in [-0.3, -0.25) is 14.9 Å². The minimum absolute atomic E-state index is 0.117. The van der Waals surface area contributed by atoms with Gasteiger partial charge in [-0.25, -0.2) is 4.98 Å². The molecule has 0 bridgehead atoms. The van der Waals surface area contributed by atoms with Crippen molar-refractivity contribution in [2.24, 2.45) is 5.92 Å². The zero-order chi connectivity index (χ0) is 24.2. The van der Waals surface area contributed by atoms with Crippen LogP contribution in [-0.4, -0.2) is 44.1 Å². The Hall–Kier alpha value is -3.52. The highest BCUT2D eigenvalue weighted by Crippen LogP contribution is 2.31. The van der Waals surface area contributed by atoms with E-state index in [1.165, 1.54) is 43.2 Å². The fourth-order valence-electron chi connectivity index (χ4n) is 4.94. The first-order chi connectivity index (χ1) is 17.1. The lowest BCUT2D eigenvalue weighted by molar-refractivity contribution is 0.0939. The molecule has 1 aromatic carbocycles. The molecule has 182 valence electrons. The summed E-state index contributed by atoms with van der Waals surface area (Å²) < 4.78 is 0. The SMILES string of the molecule is CCNCc1cncc(-c2ccc3[nH]nc(-c4ncc(C(=O)NCC5CCCCC5)[nH]4)c3c2)c1C. The molecule has 8 nitrogen and oxygen atoms in total. The van der Waals surface area contributed by atoms with E-state index in [1.54, 1.807) is 6.20 Å². The number of benzene rings is 1. The van der Waals surface area contributed by atoms with E-state index >= 15 is 0 Å². The molecule has 3 aromatic heterocycles. The first kappa shape index (κ1) is 23.2. The number of pyridine rings is 1. The van der Waals surface area contributed by atoms with Crippen LogP contribution in [-0.2, 0) is 6.54 Å². The van der Waals surface area contributed by atoms with E-state index in [-0.39, 0.29) is 5.91 Å². The van der Waals surface area contributed by atoms with Gasteiger partial charge in [-0.1, -0.05) is 32.3 Å². The fourth-order valence-corrected chi connectivity index (χ4v) is 4.94. The number of fused-ring (bicyclic) bond motifs is 1. The van der Waals surface area contributed by atoms with E-state index in [9.17, 15) is 4.79 Å². The quantitative estimate of drug-likeness (QED) is 0.297. The normalized spacial score (nSPS) is 14.5. The first-order valence-electron chi connectivity index (χ1n) is 12.6. The maximum atomic E-state index is 12.7. The fraction of sp³-hybridized carbons (Fsp3) is 0.407. The van der Waals surface area contributed by atoms with Gasteiger partial charge in [0.05, 0.1) is 11.7 Å². The molecule has 3 heterocycles. The van der Waals surface area contributed by atoms with E-state index < -0.39 is 0 Å². The molecule has 8 heteroatoms.